The van der Waals surface area contributed by atoms with E-state index in [1.807, 2.05) is 0 Å². The number of hydrogen-bond donors (Lipinski definition) is 1. The van der Waals surface area contributed by atoms with E-state index in [-0.39, 0.29) is 0 Å². The Bertz CT molecular complexity index is 321. The second-order valence-electron chi connectivity index (χ2n) is 4.86. The molecule has 18 heavy (non-hydrogen) atoms. The lowest BCUT2D eigenvalue weighted by atomic mass is 9.88. The molecule has 1 rings (SSSR count). The van der Waals surface area contributed by atoms with Gasteiger partial charge in [-0.1, -0.05) is 50.8 Å². The quantitative estimate of drug-likeness (QED) is 0.532. The van der Waals surface area contributed by atoms with Crippen LogP contribution < -0.4 is 5.32 Å². The second-order valence-corrected chi connectivity index (χ2v) is 4.86. The van der Waals surface area contributed by atoms with E-state index < -0.39 is 0 Å². The zero-order chi connectivity index (χ0) is 13.2. The highest BCUT2D eigenvalue weighted by Crippen LogP contribution is 2.23. The first kappa shape index (κ1) is 14.8. The summed E-state index contributed by atoms with van der Waals surface area (Å²) in [4.78, 5) is 0. The van der Waals surface area contributed by atoms with Gasteiger partial charge in [-0.3, -0.25) is 0 Å². The van der Waals surface area contributed by atoms with Crippen molar-refractivity contribution in [1.29, 1.82) is 0 Å². The van der Waals surface area contributed by atoms with Crippen molar-refractivity contribution in [2.75, 3.05) is 19.7 Å². The molecule has 1 aromatic carbocycles. The number of hydrogen-bond acceptors (Lipinski definition) is 2. The molecule has 1 unspecified atom stereocenters. The Balaban J connectivity index is 2.33. The Hall–Kier alpha value is -1.28. The summed E-state index contributed by atoms with van der Waals surface area (Å²) < 4.78 is 5.10. The third-order valence-corrected chi connectivity index (χ3v) is 3.13. The van der Waals surface area contributed by atoms with Gasteiger partial charge >= 0.3 is 0 Å². The molecule has 0 spiro atoms. The van der Waals surface area contributed by atoms with Gasteiger partial charge in [0.25, 0.3) is 0 Å². The van der Waals surface area contributed by atoms with E-state index in [9.17, 15) is 0 Å². The predicted molar refractivity (Wildman–Crippen MR) is 77.7 cm³/mol. The Labute approximate surface area is 111 Å². The lowest BCUT2D eigenvalue weighted by Crippen LogP contribution is -2.26. The molecular weight excluding hydrogens is 222 g/mol. The third-order valence-electron chi connectivity index (χ3n) is 3.13. The first-order chi connectivity index (χ1) is 8.75. The van der Waals surface area contributed by atoms with Crippen molar-refractivity contribution in [3.63, 3.8) is 0 Å². The average molecular weight is 247 g/mol. The number of nitrogens with one attached hydrogen (secondary N) is 1. The van der Waals surface area contributed by atoms with Gasteiger partial charge in [0, 0.05) is 6.54 Å². The smallest absolute Gasteiger partial charge is 0.0885 e. The van der Waals surface area contributed by atoms with Gasteiger partial charge in [-0.05, 0) is 30.4 Å². The topological polar surface area (TPSA) is 21.3 Å². The monoisotopic (exact) mass is 247 g/mol. The van der Waals surface area contributed by atoms with Crippen LogP contribution in [0.1, 0.15) is 31.7 Å². The van der Waals surface area contributed by atoms with Crippen molar-refractivity contribution < 1.29 is 4.74 Å². The van der Waals surface area contributed by atoms with E-state index >= 15 is 0 Å². The van der Waals surface area contributed by atoms with E-state index in [1.165, 1.54) is 11.8 Å². The maximum Gasteiger partial charge on any atom is 0.0885 e. The lowest BCUT2D eigenvalue weighted by Gasteiger charge is -2.22. The molecule has 0 aliphatic carbocycles. The minimum atomic E-state index is 0.575. The van der Waals surface area contributed by atoms with Gasteiger partial charge in [0.15, 0.2) is 0 Å². The summed E-state index contributed by atoms with van der Waals surface area (Å²) in [6, 6.07) is 10.7. The molecule has 0 amide bonds. The third kappa shape index (κ3) is 5.37. The molecule has 2 nitrogen and oxygen atoms in total. The normalized spacial score (nSPS) is 12.4. The van der Waals surface area contributed by atoms with Gasteiger partial charge in [-0.25, -0.2) is 0 Å². The molecule has 0 saturated carbocycles. The van der Waals surface area contributed by atoms with Crippen molar-refractivity contribution >= 4 is 0 Å². The van der Waals surface area contributed by atoms with Crippen LogP contribution in [-0.4, -0.2) is 19.7 Å². The Kier molecular flexibility index (Phi) is 7.19. The van der Waals surface area contributed by atoms with Crippen LogP contribution in [0.3, 0.4) is 0 Å². The molecule has 100 valence electrons. The second kappa shape index (κ2) is 8.76. The minimum absolute atomic E-state index is 0.575. The Morgan fingerprint density at radius 3 is 2.61 bits per heavy atom. The highest BCUT2D eigenvalue weighted by molar-refractivity contribution is 5.20. The molecule has 1 N–H and O–H groups in total. The summed E-state index contributed by atoms with van der Waals surface area (Å²) >= 11 is 0. The Morgan fingerprint density at radius 1 is 1.28 bits per heavy atom. The fraction of sp³-hybridized carbons (Fsp3) is 0.500. The van der Waals surface area contributed by atoms with Gasteiger partial charge in [0.2, 0.25) is 0 Å². The maximum absolute atomic E-state index is 5.10. The molecule has 1 atom stereocenters. The molecule has 0 radical (unpaired) electrons. The molecule has 0 aliphatic rings. The van der Waals surface area contributed by atoms with Crippen LogP contribution in [0.5, 0.6) is 0 Å². The molecule has 0 aromatic heterocycles. The first-order valence-electron chi connectivity index (χ1n) is 6.74. The fourth-order valence-corrected chi connectivity index (χ4v) is 2.06. The van der Waals surface area contributed by atoms with Crippen LogP contribution >= 0.6 is 0 Å². The van der Waals surface area contributed by atoms with Crippen molar-refractivity contribution in [2.24, 2.45) is 5.92 Å². The molecule has 2 heteroatoms. The van der Waals surface area contributed by atoms with Crippen LogP contribution in [0.25, 0.3) is 0 Å². The van der Waals surface area contributed by atoms with Gasteiger partial charge in [-0.15, -0.1) is 0 Å². The molecule has 1 aromatic rings. The van der Waals surface area contributed by atoms with Crippen LogP contribution in [0, 0.1) is 5.92 Å². The zero-order valence-electron chi connectivity index (χ0n) is 11.6. The van der Waals surface area contributed by atoms with Gasteiger partial charge in [-0.2, -0.15) is 0 Å². The maximum atomic E-state index is 5.10. The van der Waals surface area contributed by atoms with Crippen molar-refractivity contribution in [3.05, 3.63) is 48.7 Å². The molecule has 0 fully saturated rings. The SMILES string of the molecule is C=COCCCNCC(c1ccccc1)C(C)C. The van der Waals surface area contributed by atoms with Gasteiger partial charge < -0.3 is 10.1 Å². The summed E-state index contributed by atoms with van der Waals surface area (Å²) in [5.74, 6) is 1.22. The molecule has 0 heterocycles. The average Bonchev–Trinajstić information content (AvgIpc) is 2.38. The molecular formula is C16H25NO. The summed E-state index contributed by atoms with van der Waals surface area (Å²) in [5, 5.41) is 3.51. The Morgan fingerprint density at radius 2 is 2.00 bits per heavy atom. The fourth-order valence-electron chi connectivity index (χ4n) is 2.06. The number of benzene rings is 1. The van der Waals surface area contributed by atoms with Crippen LogP contribution in [0.15, 0.2) is 43.2 Å². The van der Waals surface area contributed by atoms with Crippen LogP contribution in [-0.2, 0) is 4.74 Å². The van der Waals surface area contributed by atoms with Crippen LogP contribution in [0.2, 0.25) is 0 Å². The number of ether oxygens (including phenoxy) is 1. The largest absolute Gasteiger partial charge is 0.502 e. The summed E-state index contributed by atoms with van der Waals surface area (Å²) in [5.41, 5.74) is 1.42. The predicted octanol–water partition coefficient (Wildman–Crippen LogP) is 3.57. The van der Waals surface area contributed by atoms with E-state index in [0.717, 1.165) is 26.1 Å². The lowest BCUT2D eigenvalue weighted by molar-refractivity contribution is 0.244. The number of rotatable bonds is 9. The molecule has 0 aliphatic heterocycles. The van der Waals surface area contributed by atoms with E-state index in [4.69, 9.17) is 4.74 Å². The van der Waals surface area contributed by atoms with Crippen molar-refractivity contribution in [1.82, 2.24) is 5.32 Å². The van der Waals surface area contributed by atoms with Crippen molar-refractivity contribution in [2.45, 2.75) is 26.2 Å². The van der Waals surface area contributed by atoms with E-state index in [1.54, 1.807) is 0 Å². The van der Waals surface area contributed by atoms with Crippen molar-refractivity contribution in [3.8, 4) is 0 Å². The summed E-state index contributed by atoms with van der Waals surface area (Å²) in [7, 11) is 0. The summed E-state index contributed by atoms with van der Waals surface area (Å²) in [6.07, 6.45) is 2.52. The van der Waals surface area contributed by atoms with Gasteiger partial charge in [0.1, 0.15) is 0 Å². The highest BCUT2D eigenvalue weighted by Gasteiger charge is 2.14. The minimum Gasteiger partial charge on any atom is -0.502 e. The van der Waals surface area contributed by atoms with Crippen LogP contribution in [0.4, 0.5) is 0 Å². The zero-order valence-corrected chi connectivity index (χ0v) is 11.6. The summed E-state index contributed by atoms with van der Waals surface area (Å²) in [6.45, 7) is 10.8. The van der Waals surface area contributed by atoms with E-state index in [2.05, 4.69) is 56.1 Å². The van der Waals surface area contributed by atoms with E-state index in [0.29, 0.717) is 11.8 Å². The van der Waals surface area contributed by atoms with Gasteiger partial charge in [0.05, 0.1) is 12.9 Å². The standard InChI is InChI=1S/C16H25NO/c1-4-18-12-8-11-17-13-16(14(2)3)15-9-6-5-7-10-15/h4-7,9-10,14,16-17H,1,8,11-13H2,2-3H3. The first-order valence-corrected chi connectivity index (χ1v) is 6.74. The highest BCUT2D eigenvalue weighted by atomic mass is 16.5. The molecule has 0 bridgehead atoms. The molecule has 0 saturated heterocycles.